The Bertz CT molecular complexity index is 799. The lowest BCUT2D eigenvalue weighted by Gasteiger charge is -2.27. The number of aliphatic imine (C=N–C) groups is 1. The monoisotopic (exact) mass is 514 g/mol. The lowest BCUT2D eigenvalue weighted by Crippen LogP contribution is -2.38. The fourth-order valence-electron chi connectivity index (χ4n) is 2.94. The molecule has 2 N–H and O–H groups in total. The van der Waals surface area contributed by atoms with Crippen LogP contribution in [0.3, 0.4) is 0 Å². The van der Waals surface area contributed by atoms with Crippen LogP contribution < -0.4 is 24.8 Å². The van der Waals surface area contributed by atoms with Gasteiger partial charge in [-0.3, -0.25) is 4.99 Å². The average molecular weight is 514 g/mol. The van der Waals surface area contributed by atoms with Gasteiger partial charge in [-0.2, -0.15) is 0 Å². The number of para-hydroxylation sites is 1. The topological polar surface area (TPSA) is 67.4 Å². The van der Waals surface area contributed by atoms with E-state index < -0.39 is 0 Å². The molecule has 29 heavy (non-hydrogen) atoms. The molecule has 7 nitrogen and oxygen atoms in total. The van der Waals surface area contributed by atoms with Crippen LogP contribution >= 0.6 is 24.0 Å². The lowest BCUT2D eigenvalue weighted by atomic mass is 10.0. The second-order valence-corrected chi connectivity index (χ2v) is 6.37. The zero-order valence-corrected chi connectivity index (χ0v) is 20.2. The minimum atomic E-state index is 0. The molecule has 160 valence electrons. The molecule has 8 heteroatoms. The molecule has 0 saturated heterocycles. The van der Waals surface area contributed by atoms with Crippen molar-refractivity contribution in [3.63, 3.8) is 0 Å². The molecule has 0 aliphatic heterocycles. The van der Waals surface area contributed by atoms with Crippen molar-refractivity contribution in [1.29, 1.82) is 0 Å². The van der Waals surface area contributed by atoms with Crippen LogP contribution in [0.15, 0.2) is 47.5 Å². The Balaban J connectivity index is 0.00000420. The summed E-state index contributed by atoms with van der Waals surface area (Å²) in [6.45, 7) is 0.653. The number of likely N-dealkylation sites (N-methyl/N-ethyl adjacent to an activating group) is 1. The van der Waals surface area contributed by atoms with Gasteiger partial charge >= 0.3 is 0 Å². The molecule has 0 aliphatic carbocycles. The maximum absolute atomic E-state index is 5.53. The molecule has 0 aromatic heterocycles. The van der Waals surface area contributed by atoms with Gasteiger partial charge in [0, 0.05) is 30.9 Å². The minimum absolute atomic E-state index is 0. The molecule has 0 aliphatic rings. The number of hydrogen-bond acceptors (Lipinski definition) is 5. The summed E-state index contributed by atoms with van der Waals surface area (Å²) in [5, 5.41) is 6.67. The first-order chi connectivity index (χ1) is 13.5. The molecule has 0 saturated carbocycles. The van der Waals surface area contributed by atoms with Gasteiger partial charge in [0.25, 0.3) is 0 Å². The highest BCUT2D eigenvalue weighted by molar-refractivity contribution is 14.0. The first-order valence-corrected chi connectivity index (χ1v) is 9.03. The zero-order chi connectivity index (χ0) is 20.5. The van der Waals surface area contributed by atoms with Crippen LogP contribution in [-0.2, 0) is 0 Å². The first kappa shape index (κ1) is 24.8. The number of guanidine groups is 1. The van der Waals surface area contributed by atoms with Gasteiger partial charge in [0.15, 0.2) is 17.5 Å². The maximum atomic E-state index is 5.53. The van der Waals surface area contributed by atoms with Crippen LogP contribution in [0, 0.1) is 0 Å². The van der Waals surface area contributed by atoms with E-state index in [4.69, 9.17) is 14.2 Å². The van der Waals surface area contributed by atoms with E-state index in [2.05, 4.69) is 26.6 Å². The van der Waals surface area contributed by atoms with Crippen LogP contribution in [0.2, 0.25) is 0 Å². The van der Waals surface area contributed by atoms with E-state index in [-0.39, 0.29) is 30.0 Å². The standard InChI is InChI=1S/C21H30N4O3.HI/c1-22-21(24-15-11-12-19(27-5)20(13-15)28-6)23-14-17(25(2)3)16-9-7-8-10-18(16)26-4;/h7-13,17H,14H2,1-6H3,(H2,22,23,24);1H. The molecular weight excluding hydrogens is 483 g/mol. The molecule has 0 spiro atoms. The molecule has 2 aromatic rings. The van der Waals surface area contributed by atoms with Gasteiger partial charge in [0.1, 0.15) is 5.75 Å². The highest BCUT2D eigenvalue weighted by Gasteiger charge is 2.18. The fraction of sp³-hybridized carbons (Fsp3) is 0.381. The van der Waals surface area contributed by atoms with E-state index in [1.54, 1.807) is 28.4 Å². The molecule has 0 radical (unpaired) electrons. The Labute approximate surface area is 190 Å². The van der Waals surface area contributed by atoms with Crippen LogP contribution in [0.5, 0.6) is 17.2 Å². The minimum Gasteiger partial charge on any atom is -0.496 e. The van der Waals surface area contributed by atoms with Crippen molar-refractivity contribution in [2.75, 3.05) is 54.3 Å². The number of anilines is 1. The van der Waals surface area contributed by atoms with Gasteiger partial charge in [-0.25, -0.2) is 0 Å². The predicted molar refractivity (Wildman–Crippen MR) is 129 cm³/mol. The summed E-state index contributed by atoms with van der Waals surface area (Å²) < 4.78 is 16.2. The average Bonchev–Trinajstić information content (AvgIpc) is 2.72. The normalized spacial score (nSPS) is 12.0. The van der Waals surface area contributed by atoms with Crippen molar-refractivity contribution in [3.8, 4) is 17.2 Å². The van der Waals surface area contributed by atoms with Crippen LogP contribution in [-0.4, -0.2) is 59.9 Å². The molecular formula is C21H31IN4O3. The molecule has 0 amide bonds. The van der Waals surface area contributed by atoms with Crippen molar-refractivity contribution in [3.05, 3.63) is 48.0 Å². The maximum Gasteiger partial charge on any atom is 0.195 e. The molecule has 1 unspecified atom stereocenters. The van der Waals surface area contributed by atoms with Gasteiger partial charge in [0.2, 0.25) is 0 Å². The Kier molecular flexibility index (Phi) is 10.6. The molecule has 0 heterocycles. The summed E-state index contributed by atoms with van der Waals surface area (Å²) in [5.41, 5.74) is 1.97. The molecule has 0 bridgehead atoms. The number of hydrogen-bond donors (Lipinski definition) is 2. The number of benzene rings is 2. The summed E-state index contributed by atoms with van der Waals surface area (Å²) in [5.74, 6) is 2.86. The summed E-state index contributed by atoms with van der Waals surface area (Å²) in [4.78, 5) is 6.47. The molecule has 2 rings (SSSR count). The van der Waals surface area contributed by atoms with Crippen molar-refractivity contribution in [2.45, 2.75) is 6.04 Å². The highest BCUT2D eigenvalue weighted by atomic mass is 127. The van der Waals surface area contributed by atoms with E-state index in [9.17, 15) is 0 Å². The van der Waals surface area contributed by atoms with E-state index >= 15 is 0 Å². The number of ether oxygens (including phenoxy) is 3. The third kappa shape index (κ3) is 6.67. The van der Waals surface area contributed by atoms with Gasteiger partial charge < -0.3 is 29.7 Å². The molecule has 2 aromatic carbocycles. The van der Waals surface area contributed by atoms with E-state index in [0.717, 1.165) is 17.0 Å². The number of nitrogens with one attached hydrogen (secondary N) is 2. The Morgan fingerprint density at radius 2 is 1.62 bits per heavy atom. The van der Waals surface area contributed by atoms with Crippen molar-refractivity contribution in [1.82, 2.24) is 10.2 Å². The van der Waals surface area contributed by atoms with Gasteiger partial charge in [-0.1, -0.05) is 18.2 Å². The predicted octanol–water partition coefficient (Wildman–Crippen LogP) is 3.62. The SMILES string of the molecule is CN=C(NCC(c1ccccc1OC)N(C)C)Nc1ccc(OC)c(OC)c1.I. The van der Waals surface area contributed by atoms with Gasteiger partial charge in [-0.15, -0.1) is 24.0 Å². The summed E-state index contributed by atoms with van der Waals surface area (Å²) >= 11 is 0. The number of nitrogens with zero attached hydrogens (tertiary/aromatic N) is 2. The summed E-state index contributed by atoms with van der Waals surface area (Å²) in [6, 6.07) is 13.8. The second kappa shape index (κ2) is 12.4. The highest BCUT2D eigenvalue weighted by Crippen LogP contribution is 2.30. The number of halogens is 1. The van der Waals surface area contributed by atoms with Crippen LogP contribution in [0.1, 0.15) is 11.6 Å². The number of rotatable bonds is 8. The molecule has 0 fully saturated rings. The first-order valence-electron chi connectivity index (χ1n) is 9.03. The quantitative estimate of drug-likeness (QED) is 0.319. The Morgan fingerprint density at radius 3 is 2.21 bits per heavy atom. The van der Waals surface area contributed by atoms with Crippen molar-refractivity contribution in [2.24, 2.45) is 4.99 Å². The van der Waals surface area contributed by atoms with Crippen LogP contribution in [0.25, 0.3) is 0 Å². The molecule has 1 atom stereocenters. The Hall–Kier alpha value is -2.20. The van der Waals surface area contributed by atoms with Crippen LogP contribution in [0.4, 0.5) is 5.69 Å². The summed E-state index contributed by atoms with van der Waals surface area (Å²) in [6.07, 6.45) is 0. The zero-order valence-electron chi connectivity index (χ0n) is 17.9. The number of methoxy groups -OCH3 is 3. The Morgan fingerprint density at radius 1 is 0.966 bits per heavy atom. The van der Waals surface area contributed by atoms with Crippen molar-refractivity contribution >= 4 is 35.6 Å². The summed E-state index contributed by atoms with van der Waals surface area (Å²) in [7, 11) is 10.8. The fourth-order valence-corrected chi connectivity index (χ4v) is 2.94. The smallest absolute Gasteiger partial charge is 0.195 e. The van der Waals surface area contributed by atoms with Gasteiger partial charge in [-0.05, 0) is 32.3 Å². The lowest BCUT2D eigenvalue weighted by molar-refractivity contribution is 0.288. The van der Waals surface area contributed by atoms with E-state index in [1.165, 1.54) is 0 Å². The van der Waals surface area contributed by atoms with E-state index in [0.29, 0.717) is 24.0 Å². The second-order valence-electron chi connectivity index (χ2n) is 6.37. The van der Waals surface area contributed by atoms with Crippen molar-refractivity contribution < 1.29 is 14.2 Å². The third-order valence-corrected chi connectivity index (χ3v) is 4.45. The van der Waals surface area contributed by atoms with E-state index in [1.807, 2.05) is 50.5 Å². The third-order valence-electron chi connectivity index (χ3n) is 4.45. The van der Waals surface area contributed by atoms with Gasteiger partial charge in [0.05, 0.1) is 27.4 Å². The largest absolute Gasteiger partial charge is 0.496 e.